The molecule has 1 unspecified atom stereocenters. The second-order valence-corrected chi connectivity index (χ2v) is 7.02. The molecule has 0 amide bonds. The number of guanidine groups is 1. The van der Waals surface area contributed by atoms with Crippen molar-refractivity contribution in [1.82, 2.24) is 25.4 Å². The summed E-state index contributed by atoms with van der Waals surface area (Å²) in [4.78, 5) is 7.10. The van der Waals surface area contributed by atoms with E-state index in [0.717, 1.165) is 61.5 Å². The second-order valence-electron chi connectivity index (χ2n) is 7.02. The average Bonchev–Trinajstić information content (AvgIpc) is 3.04. The third kappa shape index (κ3) is 5.97. The summed E-state index contributed by atoms with van der Waals surface area (Å²) in [7, 11) is 3.69. The summed E-state index contributed by atoms with van der Waals surface area (Å²) in [5.41, 5.74) is 1.15. The van der Waals surface area contributed by atoms with Gasteiger partial charge in [0.25, 0.3) is 0 Å². The predicted molar refractivity (Wildman–Crippen MR) is 127 cm³/mol. The fraction of sp³-hybridized carbons (Fsp3) is 0.550. The highest BCUT2D eigenvalue weighted by Gasteiger charge is 2.22. The van der Waals surface area contributed by atoms with E-state index < -0.39 is 0 Å². The van der Waals surface area contributed by atoms with E-state index >= 15 is 0 Å². The zero-order chi connectivity index (χ0) is 19.9. The molecule has 0 radical (unpaired) electrons. The van der Waals surface area contributed by atoms with Gasteiger partial charge in [0.05, 0.1) is 12.8 Å². The van der Waals surface area contributed by atoms with Gasteiger partial charge in [-0.3, -0.25) is 0 Å². The number of aliphatic imine (C=N–C) groups is 1. The molecule has 1 aromatic heterocycles. The van der Waals surface area contributed by atoms with Gasteiger partial charge in [0.15, 0.2) is 11.8 Å². The monoisotopic (exact) mass is 513 g/mol. The number of hydrogen-bond acceptors (Lipinski definition) is 5. The Morgan fingerprint density at radius 3 is 2.79 bits per heavy atom. The summed E-state index contributed by atoms with van der Waals surface area (Å²) < 4.78 is 7.51. The maximum atomic E-state index is 5.54. The Labute approximate surface area is 190 Å². The van der Waals surface area contributed by atoms with Crippen LogP contribution in [0.4, 0.5) is 5.69 Å². The van der Waals surface area contributed by atoms with Crippen LogP contribution in [-0.4, -0.2) is 53.5 Å². The Morgan fingerprint density at radius 1 is 1.31 bits per heavy atom. The van der Waals surface area contributed by atoms with Crippen LogP contribution in [0.15, 0.2) is 29.3 Å². The third-order valence-corrected chi connectivity index (χ3v) is 5.09. The van der Waals surface area contributed by atoms with Gasteiger partial charge in [-0.15, -0.1) is 34.2 Å². The van der Waals surface area contributed by atoms with Gasteiger partial charge in [0.2, 0.25) is 0 Å². The predicted octanol–water partition coefficient (Wildman–Crippen LogP) is 2.47. The molecule has 1 atom stereocenters. The quantitative estimate of drug-likeness (QED) is 0.351. The van der Waals surface area contributed by atoms with Crippen molar-refractivity contribution < 1.29 is 4.74 Å². The fourth-order valence-electron chi connectivity index (χ4n) is 3.46. The van der Waals surface area contributed by atoms with Gasteiger partial charge in [-0.25, -0.2) is 4.99 Å². The first-order valence-electron chi connectivity index (χ1n) is 9.90. The van der Waals surface area contributed by atoms with Gasteiger partial charge in [-0.2, -0.15) is 0 Å². The van der Waals surface area contributed by atoms with Crippen LogP contribution in [0, 0.1) is 6.92 Å². The lowest BCUT2D eigenvalue weighted by molar-refractivity contribution is 0.408. The van der Waals surface area contributed by atoms with Crippen LogP contribution in [0.1, 0.15) is 31.4 Å². The molecule has 3 rings (SSSR count). The largest absolute Gasteiger partial charge is 0.495 e. The van der Waals surface area contributed by atoms with Gasteiger partial charge in [0, 0.05) is 32.7 Å². The van der Waals surface area contributed by atoms with E-state index in [4.69, 9.17) is 9.73 Å². The molecule has 0 spiro atoms. The molecule has 8 nitrogen and oxygen atoms in total. The molecule has 1 fully saturated rings. The molecule has 1 aliphatic heterocycles. The zero-order valence-corrected chi connectivity index (χ0v) is 20.0. The Kier molecular flexibility index (Phi) is 8.99. The van der Waals surface area contributed by atoms with E-state index in [1.165, 1.54) is 0 Å². The maximum absolute atomic E-state index is 5.54. The van der Waals surface area contributed by atoms with Crippen LogP contribution in [0.5, 0.6) is 5.75 Å². The summed E-state index contributed by atoms with van der Waals surface area (Å²) in [6.07, 6.45) is 2.23. The van der Waals surface area contributed by atoms with Crippen LogP contribution in [0.25, 0.3) is 0 Å². The van der Waals surface area contributed by atoms with E-state index in [2.05, 4.69) is 44.8 Å². The number of para-hydroxylation sites is 2. The van der Waals surface area contributed by atoms with Crippen LogP contribution in [-0.2, 0) is 13.6 Å². The van der Waals surface area contributed by atoms with Crippen LogP contribution in [0.2, 0.25) is 0 Å². The standard InChI is InChI=1S/C20H31N7O.HI/c1-5-21-20(22-13-19-25-24-15(2)26(19)3)23-16-9-8-12-27(14-16)17-10-6-7-11-18(17)28-4;/h6-7,10-11,16H,5,8-9,12-14H2,1-4H3,(H2,21,22,23);1H. The summed E-state index contributed by atoms with van der Waals surface area (Å²) in [5, 5.41) is 15.2. The Morgan fingerprint density at radius 2 is 2.10 bits per heavy atom. The molecule has 2 heterocycles. The number of rotatable bonds is 6. The normalized spacial score (nSPS) is 16.9. The molecular weight excluding hydrogens is 481 g/mol. The third-order valence-electron chi connectivity index (χ3n) is 5.09. The average molecular weight is 513 g/mol. The molecular formula is C20H32IN7O. The highest BCUT2D eigenvalue weighted by Crippen LogP contribution is 2.29. The maximum Gasteiger partial charge on any atom is 0.191 e. The van der Waals surface area contributed by atoms with Crippen molar-refractivity contribution in [2.75, 3.05) is 31.6 Å². The summed E-state index contributed by atoms with van der Waals surface area (Å²) in [5.74, 6) is 3.48. The molecule has 160 valence electrons. The van der Waals surface area contributed by atoms with E-state index in [-0.39, 0.29) is 24.0 Å². The van der Waals surface area contributed by atoms with Crippen LogP contribution < -0.4 is 20.3 Å². The lowest BCUT2D eigenvalue weighted by Gasteiger charge is -2.36. The molecule has 29 heavy (non-hydrogen) atoms. The molecule has 0 saturated carbocycles. The van der Waals surface area contributed by atoms with Crippen LogP contribution >= 0.6 is 24.0 Å². The number of nitrogens with one attached hydrogen (secondary N) is 2. The number of benzene rings is 1. The molecule has 2 N–H and O–H groups in total. The minimum atomic E-state index is 0. The van der Waals surface area contributed by atoms with Crippen LogP contribution in [0.3, 0.4) is 0 Å². The Balaban J connectivity index is 0.00000300. The molecule has 0 aliphatic carbocycles. The number of halogens is 1. The first-order valence-corrected chi connectivity index (χ1v) is 9.90. The molecule has 2 aromatic rings. The number of methoxy groups -OCH3 is 1. The molecule has 0 bridgehead atoms. The summed E-state index contributed by atoms with van der Waals surface area (Å²) >= 11 is 0. The van der Waals surface area contributed by atoms with Crippen molar-refractivity contribution in [1.29, 1.82) is 0 Å². The number of ether oxygens (including phenoxy) is 1. The minimum absolute atomic E-state index is 0. The van der Waals surface area contributed by atoms with E-state index in [9.17, 15) is 0 Å². The van der Waals surface area contributed by atoms with Gasteiger partial charge in [-0.05, 0) is 38.8 Å². The van der Waals surface area contributed by atoms with Gasteiger partial charge in [-0.1, -0.05) is 12.1 Å². The molecule has 1 aliphatic rings. The Hall–Kier alpha value is -2.04. The number of piperidine rings is 1. The fourth-order valence-corrected chi connectivity index (χ4v) is 3.46. The SMILES string of the molecule is CCNC(=NCc1nnc(C)n1C)NC1CCCN(c2ccccc2OC)C1.I. The molecule has 9 heteroatoms. The van der Waals surface area contributed by atoms with Crippen molar-refractivity contribution in [2.45, 2.75) is 39.3 Å². The first-order chi connectivity index (χ1) is 13.6. The topological polar surface area (TPSA) is 79.6 Å². The number of hydrogen-bond donors (Lipinski definition) is 2. The number of aryl methyl sites for hydroxylation is 1. The first kappa shape index (κ1) is 23.2. The van der Waals surface area contributed by atoms with Crippen molar-refractivity contribution >= 4 is 35.6 Å². The van der Waals surface area contributed by atoms with Gasteiger partial charge < -0.3 is 24.8 Å². The summed E-state index contributed by atoms with van der Waals surface area (Å²) in [6.45, 7) is 7.27. The van der Waals surface area contributed by atoms with Crippen molar-refractivity contribution in [3.8, 4) is 5.75 Å². The second kappa shape index (κ2) is 11.2. The Bertz CT molecular complexity index is 808. The van der Waals surface area contributed by atoms with E-state index in [1.807, 2.05) is 30.7 Å². The summed E-state index contributed by atoms with van der Waals surface area (Å²) in [6, 6.07) is 8.52. The smallest absolute Gasteiger partial charge is 0.191 e. The van der Waals surface area contributed by atoms with Gasteiger partial charge in [0.1, 0.15) is 18.1 Å². The lowest BCUT2D eigenvalue weighted by Crippen LogP contribution is -2.51. The zero-order valence-electron chi connectivity index (χ0n) is 17.7. The molecule has 1 aromatic carbocycles. The van der Waals surface area contributed by atoms with Gasteiger partial charge >= 0.3 is 0 Å². The van der Waals surface area contributed by atoms with E-state index in [0.29, 0.717) is 12.6 Å². The number of nitrogens with zero attached hydrogens (tertiary/aromatic N) is 5. The lowest BCUT2D eigenvalue weighted by atomic mass is 10.0. The van der Waals surface area contributed by atoms with Crippen molar-refractivity contribution in [3.05, 3.63) is 35.9 Å². The van der Waals surface area contributed by atoms with E-state index in [1.54, 1.807) is 7.11 Å². The number of anilines is 1. The number of aromatic nitrogens is 3. The molecule has 1 saturated heterocycles. The highest BCUT2D eigenvalue weighted by atomic mass is 127. The van der Waals surface area contributed by atoms with Crippen molar-refractivity contribution in [3.63, 3.8) is 0 Å². The minimum Gasteiger partial charge on any atom is -0.495 e. The highest BCUT2D eigenvalue weighted by molar-refractivity contribution is 14.0. The van der Waals surface area contributed by atoms with Crippen molar-refractivity contribution in [2.24, 2.45) is 12.0 Å².